The van der Waals surface area contributed by atoms with E-state index in [1.165, 1.54) is 6.42 Å². The third-order valence-corrected chi connectivity index (χ3v) is 3.52. The predicted molar refractivity (Wildman–Crippen MR) is 73.3 cm³/mol. The summed E-state index contributed by atoms with van der Waals surface area (Å²) < 4.78 is 5.93. The lowest BCUT2D eigenvalue weighted by Gasteiger charge is -2.31. The first-order valence-electron chi connectivity index (χ1n) is 6.70. The van der Waals surface area contributed by atoms with Crippen LogP contribution in [-0.4, -0.2) is 22.1 Å². The molecule has 0 aliphatic heterocycles. The molecule has 0 radical (unpaired) electrons. The van der Waals surface area contributed by atoms with Gasteiger partial charge in [0.25, 0.3) is 0 Å². The zero-order chi connectivity index (χ0) is 13.8. The highest BCUT2D eigenvalue weighted by Crippen LogP contribution is 2.30. The van der Waals surface area contributed by atoms with Crippen LogP contribution in [-0.2, 0) is 0 Å². The van der Waals surface area contributed by atoms with Crippen molar-refractivity contribution >= 4 is 5.84 Å². The van der Waals surface area contributed by atoms with Crippen molar-refractivity contribution in [2.24, 2.45) is 22.7 Å². The SMILES string of the molecule is CC1CC(C)CC(Oc2cccc(C(N)=NO)n2)C1. The first-order valence-corrected chi connectivity index (χ1v) is 6.70. The molecule has 0 saturated heterocycles. The maximum atomic E-state index is 8.65. The fourth-order valence-electron chi connectivity index (χ4n) is 2.81. The molecule has 5 nitrogen and oxygen atoms in total. The maximum absolute atomic E-state index is 8.65. The van der Waals surface area contributed by atoms with Gasteiger partial charge in [0.2, 0.25) is 5.88 Å². The predicted octanol–water partition coefficient (Wildman–Crippen LogP) is 2.38. The summed E-state index contributed by atoms with van der Waals surface area (Å²) in [4.78, 5) is 4.25. The molecule has 0 spiro atoms. The monoisotopic (exact) mass is 263 g/mol. The summed E-state index contributed by atoms with van der Waals surface area (Å²) in [6.07, 6.45) is 3.57. The molecule has 0 bridgehead atoms. The molecule has 104 valence electrons. The van der Waals surface area contributed by atoms with Gasteiger partial charge in [-0.25, -0.2) is 4.98 Å². The maximum Gasteiger partial charge on any atom is 0.214 e. The van der Waals surface area contributed by atoms with E-state index in [9.17, 15) is 0 Å². The van der Waals surface area contributed by atoms with Crippen LogP contribution in [0.5, 0.6) is 5.88 Å². The van der Waals surface area contributed by atoms with Gasteiger partial charge >= 0.3 is 0 Å². The van der Waals surface area contributed by atoms with Crippen molar-refractivity contribution < 1.29 is 9.94 Å². The Hall–Kier alpha value is -1.78. The highest BCUT2D eigenvalue weighted by Gasteiger charge is 2.25. The minimum absolute atomic E-state index is 0.00386. The van der Waals surface area contributed by atoms with E-state index < -0.39 is 0 Å². The second-order valence-corrected chi connectivity index (χ2v) is 5.50. The minimum atomic E-state index is -0.00386. The number of rotatable bonds is 3. The number of pyridine rings is 1. The topological polar surface area (TPSA) is 80.7 Å². The average molecular weight is 263 g/mol. The summed E-state index contributed by atoms with van der Waals surface area (Å²) in [7, 11) is 0. The molecule has 3 N–H and O–H groups in total. The van der Waals surface area contributed by atoms with Gasteiger partial charge < -0.3 is 15.7 Å². The summed E-state index contributed by atoms with van der Waals surface area (Å²) in [5, 5.41) is 11.6. The zero-order valence-electron chi connectivity index (χ0n) is 11.4. The van der Waals surface area contributed by atoms with E-state index in [4.69, 9.17) is 15.7 Å². The van der Waals surface area contributed by atoms with Crippen molar-refractivity contribution in [2.75, 3.05) is 0 Å². The van der Waals surface area contributed by atoms with Crippen molar-refractivity contribution in [3.05, 3.63) is 23.9 Å². The Morgan fingerprint density at radius 2 is 2.00 bits per heavy atom. The van der Waals surface area contributed by atoms with Crippen LogP contribution in [0, 0.1) is 11.8 Å². The molecule has 0 amide bonds. The molecule has 1 aliphatic carbocycles. The lowest BCUT2D eigenvalue weighted by Crippen LogP contribution is -2.29. The number of hydrogen-bond donors (Lipinski definition) is 2. The lowest BCUT2D eigenvalue weighted by atomic mass is 9.82. The van der Waals surface area contributed by atoms with Gasteiger partial charge in [0, 0.05) is 6.07 Å². The molecule has 19 heavy (non-hydrogen) atoms. The third-order valence-electron chi connectivity index (χ3n) is 3.52. The van der Waals surface area contributed by atoms with Crippen molar-refractivity contribution in [1.82, 2.24) is 4.98 Å². The summed E-state index contributed by atoms with van der Waals surface area (Å²) in [5.41, 5.74) is 5.95. The van der Waals surface area contributed by atoms with Crippen LogP contribution in [0.25, 0.3) is 0 Å². The smallest absolute Gasteiger partial charge is 0.214 e. The van der Waals surface area contributed by atoms with E-state index in [0.717, 1.165) is 12.8 Å². The Balaban J connectivity index is 2.06. The number of oxime groups is 1. The molecule has 2 rings (SSSR count). The van der Waals surface area contributed by atoms with E-state index in [1.807, 2.05) is 0 Å². The normalized spacial score (nSPS) is 28.1. The number of nitrogens with zero attached hydrogens (tertiary/aromatic N) is 2. The summed E-state index contributed by atoms with van der Waals surface area (Å²) >= 11 is 0. The highest BCUT2D eigenvalue weighted by atomic mass is 16.5. The minimum Gasteiger partial charge on any atom is -0.474 e. The molecular formula is C14H21N3O2. The largest absolute Gasteiger partial charge is 0.474 e. The Morgan fingerprint density at radius 1 is 1.32 bits per heavy atom. The molecule has 1 aromatic heterocycles. The van der Waals surface area contributed by atoms with Gasteiger partial charge in [0.05, 0.1) is 0 Å². The number of hydrogen-bond acceptors (Lipinski definition) is 4. The molecule has 1 aliphatic rings. The Bertz CT molecular complexity index is 452. The Labute approximate surface area is 113 Å². The van der Waals surface area contributed by atoms with E-state index in [1.54, 1.807) is 18.2 Å². The molecule has 1 fully saturated rings. The standard InChI is InChI=1S/C14H21N3O2/c1-9-6-10(2)8-11(7-9)19-13-5-3-4-12(16-13)14(15)17-18/h3-5,9-11,18H,6-8H2,1-2H3,(H2,15,17). The van der Waals surface area contributed by atoms with Crippen molar-refractivity contribution in [1.29, 1.82) is 0 Å². The molecular weight excluding hydrogens is 242 g/mol. The van der Waals surface area contributed by atoms with Gasteiger partial charge in [-0.15, -0.1) is 0 Å². The van der Waals surface area contributed by atoms with Crippen LogP contribution in [0.3, 0.4) is 0 Å². The molecule has 2 unspecified atom stereocenters. The van der Waals surface area contributed by atoms with Crippen molar-refractivity contribution in [3.8, 4) is 5.88 Å². The first-order chi connectivity index (χ1) is 9.08. The van der Waals surface area contributed by atoms with Crippen LogP contribution in [0.15, 0.2) is 23.4 Å². The second-order valence-electron chi connectivity index (χ2n) is 5.50. The van der Waals surface area contributed by atoms with Gasteiger partial charge in [-0.1, -0.05) is 25.1 Å². The molecule has 1 saturated carbocycles. The van der Waals surface area contributed by atoms with Crippen LogP contribution >= 0.6 is 0 Å². The van der Waals surface area contributed by atoms with Gasteiger partial charge in [0.15, 0.2) is 5.84 Å². The van der Waals surface area contributed by atoms with Crippen molar-refractivity contribution in [2.45, 2.75) is 39.2 Å². The fourth-order valence-corrected chi connectivity index (χ4v) is 2.81. The molecule has 0 aromatic carbocycles. The van der Waals surface area contributed by atoms with Gasteiger partial charge in [-0.2, -0.15) is 0 Å². The van der Waals surface area contributed by atoms with Crippen LogP contribution in [0.4, 0.5) is 0 Å². The van der Waals surface area contributed by atoms with Crippen molar-refractivity contribution in [3.63, 3.8) is 0 Å². The number of ether oxygens (including phenoxy) is 1. The average Bonchev–Trinajstić information content (AvgIpc) is 2.37. The molecule has 1 aromatic rings. The van der Waals surface area contributed by atoms with Crippen LogP contribution in [0.1, 0.15) is 38.8 Å². The quantitative estimate of drug-likeness (QED) is 0.380. The van der Waals surface area contributed by atoms with E-state index in [0.29, 0.717) is 23.4 Å². The van der Waals surface area contributed by atoms with E-state index in [-0.39, 0.29) is 11.9 Å². The highest BCUT2D eigenvalue weighted by molar-refractivity contribution is 5.95. The van der Waals surface area contributed by atoms with Gasteiger partial charge in [0.1, 0.15) is 11.8 Å². The first kappa shape index (κ1) is 13.6. The summed E-state index contributed by atoms with van der Waals surface area (Å²) in [5.74, 6) is 1.90. The summed E-state index contributed by atoms with van der Waals surface area (Å²) in [6.45, 7) is 4.51. The molecule has 2 atom stereocenters. The summed E-state index contributed by atoms with van der Waals surface area (Å²) in [6, 6.07) is 5.29. The van der Waals surface area contributed by atoms with E-state index in [2.05, 4.69) is 24.0 Å². The second kappa shape index (κ2) is 5.91. The number of amidine groups is 1. The van der Waals surface area contributed by atoms with Gasteiger partial charge in [-0.3, -0.25) is 0 Å². The Kier molecular flexibility index (Phi) is 4.24. The number of aromatic nitrogens is 1. The van der Waals surface area contributed by atoms with Crippen LogP contribution in [0.2, 0.25) is 0 Å². The fraction of sp³-hybridized carbons (Fsp3) is 0.571. The zero-order valence-corrected chi connectivity index (χ0v) is 11.4. The van der Waals surface area contributed by atoms with Crippen LogP contribution < -0.4 is 10.5 Å². The number of nitrogens with two attached hydrogens (primary N) is 1. The molecule has 1 heterocycles. The van der Waals surface area contributed by atoms with E-state index >= 15 is 0 Å². The molecule has 5 heteroatoms. The lowest BCUT2D eigenvalue weighted by molar-refractivity contribution is 0.0967. The third kappa shape index (κ3) is 3.59. The van der Waals surface area contributed by atoms with Gasteiger partial charge in [-0.05, 0) is 37.2 Å². The Morgan fingerprint density at radius 3 is 2.63 bits per heavy atom.